The van der Waals surface area contributed by atoms with E-state index in [1.807, 2.05) is 12.1 Å². The molecule has 1 aliphatic rings. The van der Waals surface area contributed by atoms with Gasteiger partial charge in [0.25, 0.3) is 5.91 Å². The lowest BCUT2D eigenvalue weighted by molar-refractivity contribution is -0.141. The average Bonchev–Trinajstić information content (AvgIpc) is 2.81. The third-order valence-electron chi connectivity index (χ3n) is 3.46. The fraction of sp³-hybridized carbons (Fsp3) is 0.429. The maximum Gasteiger partial charge on any atom is 0.326 e. The molecule has 1 fully saturated rings. The van der Waals surface area contributed by atoms with Crippen LogP contribution in [0.3, 0.4) is 0 Å². The number of nitrogens with two attached hydrogens (primary N) is 1. The minimum Gasteiger partial charge on any atom is -0.480 e. The van der Waals surface area contributed by atoms with Crippen LogP contribution in [-0.4, -0.2) is 52.2 Å². The lowest BCUT2D eigenvalue weighted by Crippen LogP contribution is -2.40. The van der Waals surface area contributed by atoms with Crippen molar-refractivity contribution in [3.8, 4) is 0 Å². The van der Waals surface area contributed by atoms with Crippen molar-refractivity contribution >= 4 is 11.9 Å². The molecule has 0 aliphatic carbocycles. The zero-order chi connectivity index (χ0) is 14.7. The fourth-order valence-corrected chi connectivity index (χ4v) is 2.42. The summed E-state index contributed by atoms with van der Waals surface area (Å²) < 4.78 is 0. The first-order valence-corrected chi connectivity index (χ1v) is 6.53. The summed E-state index contributed by atoms with van der Waals surface area (Å²) in [7, 11) is 0. The highest BCUT2D eigenvalue weighted by molar-refractivity contribution is 5.97. The zero-order valence-electron chi connectivity index (χ0n) is 11.0. The van der Waals surface area contributed by atoms with Crippen LogP contribution in [0.25, 0.3) is 0 Å². The molecule has 1 saturated heterocycles. The second kappa shape index (κ2) is 6.02. The van der Waals surface area contributed by atoms with Crippen LogP contribution in [-0.2, 0) is 11.2 Å². The SMILES string of the molecule is NCCc1ccc(C(=O)N2C[C@H](O)C[C@@H]2C(=O)O)cc1. The third kappa shape index (κ3) is 2.97. The van der Waals surface area contributed by atoms with Crippen molar-refractivity contribution in [3.05, 3.63) is 35.4 Å². The van der Waals surface area contributed by atoms with E-state index in [0.717, 1.165) is 12.0 Å². The molecule has 2 rings (SSSR count). The van der Waals surface area contributed by atoms with Crippen molar-refractivity contribution in [2.75, 3.05) is 13.1 Å². The van der Waals surface area contributed by atoms with Crippen LogP contribution in [0, 0.1) is 0 Å². The Bertz CT molecular complexity index is 500. The van der Waals surface area contributed by atoms with E-state index < -0.39 is 18.1 Å². The molecule has 6 nitrogen and oxygen atoms in total. The molecule has 1 aromatic rings. The van der Waals surface area contributed by atoms with Crippen LogP contribution in [0.2, 0.25) is 0 Å². The van der Waals surface area contributed by atoms with Crippen LogP contribution < -0.4 is 5.73 Å². The van der Waals surface area contributed by atoms with Gasteiger partial charge in [-0.15, -0.1) is 0 Å². The Labute approximate surface area is 116 Å². The number of amides is 1. The van der Waals surface area contributed by atoms with E-state index in [1.165, 1.54) is 4.90 Å². The Morgan fingerprint density at radius 1 is 1.30 bits per heavy atom. The third-order valence-corrected chi connectivity index (χ3v) is 3.46. The van der Waals surface area contributed by atoms with E-state index >= 15 is 0 Å². The molecule has 1 aliphatic heterocycles. The summed E-state index contributed by atoms with van der Waals surface area (Å²) in [4.78, 5) is 24.6. The van der Waals surface area contributed by atoms with Gasteiger partial charge in [-0.1, -0.05) is 12.1 Å². The molecule has 0 radical (unpaired) electrons. The predicted octanol–water partition coefficient (Wildman–Crippen LogP) is -0.152. The minimum absolute atomic E-state index is 0.0559. The molecule has 0 bridgehead atoms. The summed E-state index contributed by atoms with van der Waals surface area (Å²) in [6.07, 6.45) is 0.0256. The number of carboxylic acid groups (broad SMARTS) is 1. The molecular formula is C14H18N2O4. The van der Waals surface area contributed by atoms with Crippen molar-refractivity contribution in [2.24, 2.45) is 5.73 Å². The topological polar surface area (TPSA) is 104 Å². The van der Waals surface area contributed by atoms with E-state index in [0.29, 0.717) is 12.1 Å². The highest BCUT2D eigenvalue weighted by Gasteiger charge is 2.39. The number of carbonyl (C=O) groups excluding carboxylic acids is 1. The highest BCUT2D eigenvalue weighted by Crippen LogP contribution is 2.21. The molecule has 1 amide bonds. The van der Waals surface area contributed by atoms with Crippen LogP contribution in [0.1, 0.15) is 22.3 Å². The molecule has 6 heteroatoms. The van der Waals surface area contributed by atoms with Gasteiger partial charge >= 0.3 is 5.97 Å². The first-order chi connectivity index (χ1) is 9.52. The van der Waals surface area contributed by atoms with Crippen molar-refractivity contribution in [2.45, 2.75) is 25.0 Å². The summed E-state index contributed by atoms with van der Waals surface area (Å²) >= 11 is 0. The monoisotopic (exact) mass is 278 g/mol. The Hall–Kier alpha value is -1.92. The normalized spacial score (nSPS) is 22.0. The number of aliphatic hydroxyl groups excluding tert-OH is 1. The first kappa shape index (κ1) is 14.5. The van der Waals surface area contributed by atoms with E-state index in [2.05, 4.69) is 0 Å². The standard InChI is InChI=1S/C14H18N2O4/c15-6-5-9-1-3-10(4-2-9)13(18)16-8-11(17)7-12(16)14(19)20/h1-4,11-12,17H,5-8,15H2,(H,19,20)/t11-,12-/m1/s1. The largest absolute Gasteiger partial charge is 0.480 e. The number of hydrogen-bond acceptors (Lipinski definition) is 4. The Kier molecular flexibility index (Phi) is 4.36. The molecule has 1 heterocycles. The van der Waals surface area contributed by atoms with Crippen molar-refractivity contribution in [1.29, 1.82) is 0 Å². The summed E-state index contributed by atoms with van der Waals surface area (Å²) in [5.41, 5.74) is 6.91. The first-order valence-electron chi connectivity index (χ1n) is 6.53. The van der Waals surface area contributed by atoms with Gasteiger partial charge in [-0.2, -0.15) is 0 Å². The highest BCUT2D eigenvalue weighted by atomic mass is 16.4. The lowest BCUT2D eigenvalue weighted by Gasteiger charge is -2.21. The van der Waals surface area contributed by atoms with Gasteiger partial charge in [0.15, 0.2) is 0 Å². The molecule has 4 N–H and O–H groups in total. The van der Waals surface area contributed by atoms with Crippen molar-refractivity contribution in [3.63, 3.8) is 0 Å². The number of likely N-dealkylation sites (tertiary alicyclic amines) is 1. The number of aliphatic hydroxyl groups is 1. The van der Waals surface area contributed by atoms with E-state index in [-0.39, 0.29) is 18.9 Å². The number of carboxylic acids is 1. The second-order valence-electron chi connectivity index (χ2n) is 4.94. The molecular weight excluding hydrogens is 260 g/mol. The van der Waals surface area contributed by atoms with Gasteiger partial charge in [-0.3, -0.25) is 4.79 Å². The number of nitrogens with zero attached hydrogens (tertiary/aromatic N) is 1. The Morgan fingerprint density at radius 2 is 1.95 bits per heavy atom. The Balaban J connectivity index is 2.15. The number of carbonyl (C=O) groups is 2. The van der Waals surface area contributed by atoms with Crippen molar-refractivity contribution < 1.29 is 19.8 Å². The summed E-state index contributed by atoms with van der Waals surface area (Å²) in [6.45, 7) is 0.590. The quantitative estimate of drug-likeness (QED) is 0.710. The zero-order valence-corrected chi connectivity index (χ0v) is 11.0. The maximum absolute atomic E-state index is 12.3. The van der Waals surface area contributed by atoms with E-state index in [4.69, 9.17) is 10.8 Å². The predicted molar refractivity (Wildman–Crippen MR) is 72.3 cm³/mol. The summed E-state index contributed by atoms with van der Waals surface area (Å²) in [5.74, 6) is -1.46. The van der Waals surface area contributed by atoms with E-state index in [9.17, 15) is 14.7 Å². The van der Waals surface area contributed by atoms with Gasteiger partial charge in [0.05, 0.1) is 6.10 Å². The number of hydrogen-bond donors (Lipinski definition) is 3. The van der Waals surface area contributed by atoms with Crippen LogP contribution in [0.15, 0.2) is 24.3 Å². The van der Waals surface area contributed by atoms with Gasteiger partial charge < -0.3 is 20.8 Å². The fourth-order valence-electron chi connectivity index (χ4n) is 2.42. The molecule has 0 unspecified atom stereocenters. The molecule has 0 saturated carbocycles. The van der Waals surface area contributed by atoms with Crippen LogP contribution >= 0.6 is 0 Å². The molecule has 108 valence electrons. The maximum atomic E-state index is 12.3. The molecule has 0 spiro atoms. The van der Waals surface area contributed by atoms with E-state index in [1.54, 1.807) is 12.1 Å². The van der Waals surface area contributed by atoms with Crippen molar-refractivity contribution in [1.82, 2.24) is 4.90 Å². The average molecular weight is 278 g/mol. The van der Waals surface area contributed by atoms with Gasteiger partial charge in [0, 0.05) is 18.5 Å². The lowest BCUT2D eigenvalue weighted by atomic mass is 10.1. The van der Waals surface area contributed by atoms with Gasteiger partial charge in [0.1, 0.15) is 6.04 Å². The number of benzene rings is 1. The summed E-state index contributed by atoms with van der Waals surface area (Å²) in [6, 6.07) is 5.99. The Morgan fingerprint density at radius 3 is 2.50 bits per heavy atom. The molecule has 20 heavy (non-hydrogen) atoms. The van der Waals surface area contributed by atoms with Gasteiger partial charge in [-0.25, -0.2) is 4.79 Å². The second-order valence-corrected chi connectivity index (χ2v) is 4.94. The molecule has 0 aromatic heterocycles. The van der Waals surface area contributed by atoms with Crippen LogP contribution in [0.4, 0.5) is 0 Å². The van der Waals surface area contributed by atoms with Gasteiger partial charge in [-0.05, 0) is 30.7 Å². The number of aliphatic carboxylic acids is 1. The van der Waals surface area contributed by atoms with Crippen LogP contribution in [0.5, 0.6) is 0 Å². The smallest absolute Gasteiger partial charge is 0.326 e. The minimum atomic E-state index is -1.09. The molecule has 2 atom stereocenters. The molecule has 1 aromatic carbocycles. The summed E-state index contributed by atoms with van der Waals surface area (Å²) in [5, 5.41) is 18.7. The number of β-amino-alcohol motifs (C(OH)–C–C–N with tert-alkyl or cyclic N) is 1. The van der Waals surface area contributed by atoms with Gasteiger partial charge in [0.2, 0.25) is 0 Å². The number of rotatable bonds is 4.